The summed E-state index contributed by atoms with van der Waals surface area (Å²) in [5, 5.41) is 1.03. The summed E-state index contributed by atoms with van der Waals surface area (Å²) in [6, 6.07) is 13.2. The second-order valence-electron chi connectivity index (χ2n) is 8.00. The highest BCUT2D eigenvalue weighted by atomic mass is 19.1. The topological polar surface area (TPSA) is 36.4 Å². The number of carbonyl (C=O) groups excluding carboxylic acids is 1. The minimum absolute atomic E-state index is 0.176. The van der Waals surface area contributed by atoms with Crippen molar-refractivity contribution in [1.29, 1.82) is 0 Å². The average Bonchev–Trinajstić information content (AvgIpc) is 2.71. The number of halogens is 1. The van der Waals surface area contributed by atoms with E-state index in [1.807, 2.05) is 36.1 Å². The van der Waals surface area contributed by atoms with E-state index in [2.05, 4.69) is 18.0 Å². The highest BCUT2D eigenvalue weighted by Gasteiger charge is 2.19. The summed E-state index contributed by atoms with van der Waals surface area (Å²) in [4.78, 5) is 21.6. The molecular formula is C24H26FN3O. The molecule has 4 nitrogen and oxygen atoms in total. The lowest BCUT2D eigenvalue weighted by Crippen LogP contribution is -2.47. The number of amides is 1. The lowest BCUT2D eigenvalue weighted by Gasteiger charge is -2.32. The van der Waals surface area contributed by atoms with E-state index in [4.69, 9.17) is 4.98 Å². The number of benzene rings is 2. The molecule has 1 aliphatic rings. The second kappa shape index (κ2) is 7.91. The van der Waals surface area contributed by atoms with E-state index in [0.29, 0.717) is 12.0 Å². The molecule has 1 aromatic heterocycles. The molecule has 0 spiro atoms. The molecule has 0 N–H and O–H groups in total. The average molecular weight is 391 g/mol. The van der Waals surface area contributed by atoms with E-state index in [0.717, 1.165) is 59.5 Å². The molecule has 0 radical (unpaired) electrons. The Hall–Kier alpha value is -2.79. The Morgan fingerprint density at radius 2 is 1.76 bits per heavy atom. The summed E-state index contributed by atoms with van der Waals surface area (Å²) < 4.78 is 14.0. The molecule has 150 valence electrons. The molecule has 2 aromatic carbocycles. The van der Waals surface area contributed by atoms with Crippen LogP contribution in [-0.2, 0) is 11.2 Å². The zero-order valence-electron chi connectivity index (χ0n) is 17.2. The van der Waals surface area contributed by atoms with Gasteiger partial charge in [0.05, 0.1) is 17.6 Å². The summed E-state index contributed by atoms with van der Waals surface area (Å²) in [6.45, 7) is 7.22. The number of hydrogen-bond donors (Lipinski definition) is 0. The second-order valence-corrected chi connectivity index (χ2v) is 8.00. The molecule has 1 aliphatic heterocycles. The fourth-order valence-corrected chi connectivity index (χ4v) is 3.79. The lowest BCUT2D eigenvalue weighted by atomic mass is 10.0. The van der Waals surface area contributed by atoms with Crippen LogP contribution in [0, 0.1) is 19.7 Å². The smallest absolute Gasteiger partial charge is 0.227 e. The number of fused-ring (bicyclic) bond motifs is 1. The van der Waals surface area contributed by atoms with Crippen LogP contribution in [0.3, 0.4) is 0 Å². The van der Waals surface area contributed by atoms with Crippen molar-refractivity contribution in [3.8, 4) is 11.3 Å². The van der Waals surface area contributed by atoms with E-state index >= 15 is 0 Å². The van der Waals surface area contributed by atoms with Crippen LogP contribution >= 0.6 is 0 Å². The summed E-state index contributed by atoms with van der Waals surface area (Å²) in [5.74, 6) is -0.0466. The quantitative estimate of drug-likeness (QED) is 0.678. The van der Waals surface area contributed by atoms with Crippen LogP contribution in [-0.4, -0.2) is 53.9 Å². The minimum atomic E-state index is -0.222. The molecule has 0 atom stereocenters. The van der Waals surface area contributed by atoms with Gasteiger partial charge in [0, 0.05) is 37.1 Å². The highest BCUT2D eigenvalue weighted by molar-refractivity contribution is 5.87. The van der Waals surface area contributed by atoms with Gasteiger partial charge in [-0.2, -0.15) is 0 Å². The molecule has 1 amide bonds. The van der Waals surface area contributed by atoms with Gasteiger partial charge < -0.3 is 9.80 Å². The number of rotatable bonds is 3. The Morgan fingerprint density at radius 3 is 2.48 bits per heavy atom. The van der Waals surface area contributed by atoms with Crippen molar-refractivity contribution in [2.75, 3.05) is 33.2 Å². The summed E-state index contributed by atoms with van der Waals surface area (Å²) in [5.41, 5.74) is 5.08. The van der Waals surface area contributed by atoms with Crippen molar-refractivity contribution in [3.63, 3.8) is 0 Å². The maximum atomic E-state index is 14.0. The van der Waals surface area contributed by atoms with Gasteiger partial charge in [0.1, 0.15) is 5.82 Å². The van der Waals surface area contributed by atoms with Gasteiger partial charge in [-0.3, -0.25) is 4.79 Å². The third-order valence-corrected chi connectivity index (χ3v) is 5.76. The third-order valence-electron chi connectivity index (χ3n) is 5.76. The first kappa shape index (κ1) is 19.5. The van der Waals surface area contributed by atoms with Gasteiger partial charge in [-0.15, -0.1) is 0 Å². The molecule has 3 aromatic rings. The van der Waals surface area contributed by atoms with Crippen molar-refractivity contribution in [2.24, 2.45) is 0 Å². The molecule has 29 heavy (non-hydrogen) atoms. The first-order valence-corrected chi connectivity index (χ1v) is 10.0. The van der Waals surface area contributed by atoms with Gasteiger partial charge >= 0.3 is 0 Å². The van der Waals surface area contributed by atoms with E-state index in [-0.39, 0.29) is 11.7 Å². The lowest BCUT2D eigenvalue weighted by molar-refractivity contribution is -0.132. The predicted octanol–water partition coefficient (Wildman–Crippen LogP) is 3.97. The largest absolute Gasteiger partial charge is 0.340 e. The number of hydrogen-bond acceptors (Lipinski definition) is 3. The fraction of sp³-hybridized carbons (Fsp3) is 0.333. The van der Waals surface area contributed by atoms with Gasteiger partial charge in [-0.25, -0.2) is 9.37 Å². The Morgan fingerprint density at radius 1 is 1.00 bits per heavy atom. The Balaban J connectivity index is 1.59. The van der Waals surface area contributed by atoms with Crippen LogP contribution in [0.15, 0.2) is 42.5 Å². The van der Waals surface area contributed by atoms with Gasteiger partial charge in [0.25, 0.3) is 0 Å². The Labute approximate surface area is 171 Å². The normalized spacial score (nSPS) is 15.1. The van der Waals surface area contributed by atoms with E-state index in [1.165, 1.54) is 6.07 Å². The first-order chi connectivity index (χ1) is 13.9. The van der Waals surface area contributed by atoms with E-state index in [1.54, 1.807) is 13.0 Å². The van der Waals surface area contributed by atoms with Gasteiger partial charge in [0.2, 0.25) is 5.91 Å². The molecule has 2 heterocycles. The number of likely N-dealkylation sites (N-methyl/N-ethyl adjacent to an activating group) is 1. The fourth-order valence-electron chi connectivity index (χ4n) is 3.79. The molecule has 4 rings (SSSR count). The zero-order valence-corrected chi connectivity index (χ0v) is 17.2. The highest BCUT2D eigenvalue weighted by Crippen LogP contribution is 2.26. The van der Waals surface area contributed by atoms with Gasteiger partial charge in [-0.1, -0.05) is 18.2 Å². The van der Waals surface area contributed by atoms with Crippen molar-refractivity contribution in [3.05, 3.63) is 65.0 Å². The monoisotopic (exact) mass is 391 g/mol. The molecular weight excluding hydrogens is 365 g/mol. The van der Waals surface area contributed by atoms with Crippen molar-refractivity contribution < 1.29 is 9.18 Å². The number of aryl methyl sites for hydroxylation is 2. The number of carbonyl (C=O) groups is 1. The minimum Gasteiger partial charge on any atom is -0.340 e. The summed E-state index contributed by atoms with van der Waals surface area (Å²) >= 11 is 0. The van der Waals surface area contributed by atoms with Crippen LogP contribution in [0.5, 0.6) is 0 Å². The standard InChI is InChI=1S/C24H26FN3O/c1-16-4-6-19(15-21(16)25)23-12-17(2)20-13-18(5-7-22(20)26-23)14-24(29)28-10-8-27(3)9-11-28/h4-7,12-13,15H,8-11,14H2,1-3H3. The number of piperazine rings is 1. The van der Waals surface area contributed by atoms with Gasteiger partial charge in [0.15, 0.2) is 0 Å². The first-order valence-electron chi connectivity index (χ1n) is 10.0. The van der Waals surface area contributed by atoms with E-state index < -0.39 is 0 Å². The Bertz CT molecular complexity index is 1070. The van der Waals surface area contributed by atoms with Crippen LogP contribution in [0.25, 0.3) is 22.2 Å². The third kappa shape index (κ3) is 4.15. The maximum absolute atomic E-state index is 14.0. The molecule has 0 saturated carbocycles. The van der Waals surface area contributed by atoms with Crippen LogP contribution in [0.2, 0.25) is 0 Å². The van der Waals surface area contributed by atoms with Crippen molar-refractivity contribution in [2.45, 2.75) is 20.3 Å². The van der Waals surface area contributed by atoms with Crippen molar-refractivity contribution in [1.82, 2.24) is 14.8 Å². The summed E-state index contributed by atoms with van der Waals surface area (Å²) in [6.07, 6.45) is 0.407. The van der Waals surface area contributed by atoms with Crippen molar-refractivity contribution >= 4 is 16.8 Å². The zero-order chi connectivity index (χ0) is 20.5. The predicted molar refractivity (Wildman–Crippen MR) is 114 cm³/mol. The van der Waals surface area contributed by atoms with E-state index in [9.17, 15) is 9.18 Å². The number of nitrogens with zero attached hydrogens (tertiary/aromatic N) is 3. The van der Waals surface area contributed by atoms with Crippen LogP contribution in [0.1, 0.15) is 16.7 Å². The number of aromatic nitrogens is 1. The molecule has 5 heteroatoms. The number of pyridine rings is 1. The van der Waals surface area contributed by atoms with Crippen LogP contribution in [0.4, 0.5) is 4.39 Å². The molecule has 1 fully saturated rings. The SMILES string of the molecule is Cc1ccc(-c2cc(C)c3cc(CC(=O)N4CCN(C)CC4)ccc3n2)cc1F. The van der Waals surface area contributed by atoms with Gasteiger partial charge in [-0.05, 0) is 61.9 Å². The molecule has 1 saturated heterocycles. The van der Waals surface area contributed by atoms with Crippen LogP contribution < -0.4 is 0 Å². The maximum Gasteiger partial charge on any atom is 0.227 e. The molecule has 0 aliphatic carbocycles. The molecule has 0 unspecified atom stereocenters. The molecule has 0 bridgehead atoms. The summed E-state index contributed by atoms with van der Waals surface area (Å²) in [7, 11) is 2.08. The Kier molecular flexibility index (Phi) is 5.33.